The van der Waals surface area contributed by atoms with E-state index in [-0.39, 0.29) is 19.4 Å². The van der Waals surface area contributed by atoms with Crippen molar-refractivity contribution in [3.05, 3.63) is 47.2 Å². The maximum absolute atomic E-state index is 14.8. The lowest BCUT2D eigenvalue weighted by molar-refractivity contribution is -0.141. The number of amides is 4. The summed E-state index contributed by atoms with van der Waals surface area (Å²) in [5.74, 6) is -0.958. The van der Waals surface area contributed by atoms with E-state index in [4.69, 9.17) is 14.5 Å². The molecule has 2 aromatic rings. The third-order valence-electron chi connectivity index (χ3n) is 12.7. The molecule has 0 radical (unpaired) electrons. The van der Waals surface area contributed by atoms with Gasteiger partial charge in [0.25, 0.3) is 5.91 Å². The van der Waals surface area contributed by atoms with E-state index in [1.807, 2.05) is 19.1 Å². The van der Waals surface area contributed by atoms with Crippen molar-refractivity contribution in [1.29, 1.82) is 0 Å². The Morgan fingerprint density at radius 3 is 2.54 bits per heavy atom. The van der Waals surface area contributed by atoms with E-state index in [1.54, 1.807) is 27.7 Å². The normalized spacial score (nSPS) is 30.7. The lowest BCUT2D eigenvalue weighted by Gasteiger charge is -2.37. The number of aryl methyl sites for hydroxylation is 2. The van der Waals surface area contributed by atoms with Crippen LogP contribution in [0.15, 0.2) is 30.4 Å². The van der Waals surface area contributed by atoms with Crippen molar-refractivity contribution in [2.45, 2.75) is 158 Å². The molecular weight excluding hydrogens is 735 g/mol. The molecule has 1 aromatic heterocycles. The van der Waals surface area contributed by atoms with Crippen LogP contribution in [0.2, 0.25) is 0 Å². The minimum absolute atomic E-state index is 0.0741. The van der Waals surface area contributed by atoms with Crippen LogP contribution in [-0.2, 0) is 35.6 Å². The summed E-state index contributed by atoms with van der Waals surface area (Å²) in [7, 11) is -3.98. The molecule has 0 unspecified atom stereocenters. The van der Waals surface area contributed by atoms with E-state index in [2.05, 4.69) is 33.6 Å². The van der Waals surface area contributed by atoms with Crippen LogP contribution in [0.1, 0.15) is 127 Å². The number of nitrogens with zero attached hydrogens (tertiary/aromatic N) is 2. The summed E-state index contributed by atoms with van der Waals surface area (Å²) in [6.07, 6.45) is 11.2. The van der Waals surface area contributed by atoms with Gasteiger partial charge in [-0.15, -0.1) is 0 Å². The second-order valence-electron chi connectivity index (χ2n) is 18.4. The predicted molar refractivity (Wildman–Crippen MR) is 209 cm³/mol. The van der Waals surface area contributed by atoms with E-state index in [0.717, 1.165) is 35.0 Å². The predicted octanol–water partition coefficient (Wildman–Crippen LogP) is 5.37. The number of hydrogen-bond donors (Lipinski definition) is 3. The van der Waals surface area contributed by atoms with Crippen LogP contribution in [0.5, 0.6) is 5.75 Å². The number of carbonyl (C=O) groups is 4. The van der Waals surface area contributed by atoms with E-state index >= 15 is 0 Å². The molecule has 4 amide bonds. The van der Waals surface area contributed by atoms with Gasteiger partial charge in [0, 0.05) is 23.3 Å². The number of nitrogens with one attached hydrogen (secondary N) is 3. The number of aromatic nitrogens is 1. The molecule has 302 valence electrons. The standard InChI is InChI=1S/C42H55N5O8S/c1-25-34-29(30-21-27(26-13-14-26)15-16-31(30)43-25)17-18-41(54-34)23-33-35(48)45-42(37(50)46-56(52,53)40(5)19-20-40)22-28(42)11-9-7-6-8-10-12-32(36(49)47(33)24-41)44-38(51)55-39(2,3)4/h9,11,15-16,21,26,28,32-33H,6-8,10,12-14,17-20,22-24H2,1-5H3,(H,44,51)(H,45,48)(H,46,50)/b11-9-/t28-,32+,33+,41-,42-/m1/s1. The monoisotopic (exact) mass is 789 g/mol. The Labute approximate surface area is 329 Å². The topological polar surface area (TPSA) is 173 Å². The summed E-state index contributed by atoms with van der Waals surface area (Å²) in [5.41, 5.74) is 0.756. The molecular formula is C42H55N5O8S. The molecule has 1 aromatic carbocycles. The Morgan fingerprint density at radius 2 is 1.82 bits per heavy atom. The number of allylic oxidation sites excluding steroid dienone is 1. The maximum Gasteiger partial charge on any atom is 0.408 e. The van der Waals surface area contributed by atoms with Crippen molar-refractivity contribution in [1.82, 2.24) is 25.2 Å². The van der Waals surface area contributed by atoms with Crippen molar-refractivity contribution in [2.75, 3.05) is 6.54 Å². The SMILES string of the molecule is Cc1nc2ccc(C3CC3)cc2c2c1O[C@]1(CC2)C[C@H]2C(=O)N[C@]3(C(=O)NS(=O)(=O)C4(C)CC4)C[C@H]3/C=C\CCCCC[C@H](NC(=O)OC(C)(C)C)C(=O)N2C1. The highest BCUT2D eigenvalue weighted by molar-refractivity contribution is 7.91. The van der Waals surface area contributed by atoms with Gasteiger partial charge in [0.1, 0.15) is 34.6 Å². The number of ether oxygens (including phenoxy) is 2. The molecule has 13 nitrogen and oxygen atoms in total. The molecule has 5 atom stereocenters. The van der Waals surface area contributed by atoms with Gasteiger partial charge in [-0.2, -0.15) is 0 Å². The molecule has 8 rings (SSSR count). The van der Waals surface area contributed by atoms with Crippen molar-refractivity contribution in [3.8, 4) is 5.75 Å². The number of hydrogen-bond acceptors (Lipinski definition) is 9. The lowest BCUT2D eigenvalue weighted by Crippen LogP contribution is -2.58. The zero-order chi connectivity index (χ0) is 39.8. The minimum Gasteiger partial charge on any atom is -0.483 e. The molecule has 1 saturated heterocycles. The summed E-state index contributed by atoms with van der Waals surface area (Å²) in [6, 6.07) is 4.43. The van der Waals surface area contributed by atoms with Crippen LogP contribution >= 0.6 is 0 Å². The minimum atomic E-state index is -3.98. The number of sulfonamides is 1. The van der Waals surface area contributed by atoms with Gasteiger partial charge in [-0.05, 0) is 122 Å². The highest BCUT2D eigenvalue weighted by Gasteiger charge is 2.64. The zero-order valence-corrected chi connectivity index (χ0v) is 34.0. The van der Waals surface area contributed by atoms with Gasteiger partial charge in [0.2, 0.25) is 21.8 Å². The van der Waals surface area contributed by atoms with E-state index < -0.39 is 73.3 Å². The molecule has 4 heterocycles. The van der Waals surface area contributed by atoms with E-state index in [9.17, 15) is 27.6 Å². The van der Waals surface area contributed by atoms with Crippen LogP contribution in [0.25, 0.3) is 10.9 Å². The molecule has 3 saturated carbocycles. The molecule has 6 aliphatic rings. The molecule has 3 N–H and O–H groups in total. The number of pyridine rings is 1. The smallest absolute Gasteiger partial charge is 0.408 e. The second kappa shape index (κ2) is 13.7. The first-order valence-corrected chi connectivity index (χ1v) is 21.9. The van der Waals surface area contributed by atoms with Crippen molar-refractivity contribution >= 4 is 44.7 Å². The Bertz CT molecular complexity index is 2120. The highest BCUT2D eigenvalue weighted by Crippen LogP contribution is 2.49. The number of benzene rings is 1. The molecule has 3 aliphatic carbocycles. The van der Waals surface area contributed by atoms with Crippen LogP contribution in [-0.4, -0.2) is 82.2 Å². The fourth-order valence-electron chi connectivity index (χ4n) is 8.83. The van der Waals surface area contributed by atoms with Gasteiger partial charge in [0.15, 0.2) is 0 Å². The number of fused-ring (bicyclic) bond motifs is 5. The summed E-state index contributed by atoms with van der Waals surface area (Å²) < 4.78 is 40.3. The van der Waals surface area contributed by atoms with Crippen LogP contribution in [0, 0.1) is 12.8 Å². The van der Waals surface area contributed by atoms with Crippen LogP contribution < -0.4 is 20.1 Å². The third kappa shape index (κ3) is 7.38. The maximum atomic E-state index is 14.8. The van der Waals surface area contributed by atoms with E-state index in [0.29, 0.717) is 56.6 Å². The number of rotatable bonds is 5. The second-order valence-corrected chi connectivity index (χ2v) is 20.6. The Balaban J connectivity index is 1.13. The number of carbonyl (C=O) groups excluding carboxylic acids is 4. The molecule has 56 heavy (non-hydrogen) atoms. The highest BCUT2D eigenvalue weighted by atomic mass is 32.2. The first-order valence-electron chi connectivity index (χ1n) is 20.4. The van der Waals surface area contributed by atoms with Gasteiger partial charge in [-0.25, -0.2) is 18.2 Å². The lowest BCUT2D eigenvalue weighted by atomic mass is 9.86. The largest absolute Gasteiger partial charge is 0.483 e. The van der Waals surface area contributed by atoms with Crippen molar-refractivity contribution in [3.63, 3.8) is 0 Å². The third-order valence-corrected chi connectivity index (χ3v) is 14.9. The summed E-state index contributed by atoms with van der Waals surface area (Å²) in [6.45, 7) is 8.85. The molecule has 14 heteroatoms. The fourth-order valence-corrected chi connectivity index (χ4v) is 10.1. The van der Waals surface area contributed by atoms with Gasteiger partial charge in [-0.3, -0.25) is 19.1 Å². The van der Waals surface area contributed by atoms with Crippen LogP contribution in [0.4, 0.5) is 4.79 Å². The van der Waals surface area contributed by atoms with Gasteiger partial charge in [-0.1, -0.05) is 31.1 Å². The van der Waals surface area contributed by atoms with Crippen molar-refractivity contribution in [2.24, 2.45) is 5.92 Å². The van der Waals surface area contributed by atoms with Gasteiger partial charge >= 0.3 is 6.09 Å². The Kier molecular flexibility index (Phi) is 9.48. The fraction of sp³-hybridized carbons (Fsp3) is 0.643. The zero-order valence-electron chi connectivity index (χ0n) is 33.2. The van der Waals surface area contributed by atoms with Gasteiger partial charge in [0.05, 0.1) is 22.5 Å². The molecule has 3 aliphatic heterocycles. The van der Waals surface area contributed by atoms with Crippen molar-refractivity contribution < 1.29 is 37.1 Å². The van der Waals surface area contributed by atoms with Gasteiger partial charge < -0.3 is 25.0 Å². The first-order chi connectivity index (χ1) is 26.4. The average molecular weight is 790 g/mol. The van der Waals surface area contributed by atoms with Crippen LogP contribution in [0.3, 0.4) is 0 Å². The summed E-state index contributed by atoms with van der Waals surface area (Å²) in [5, 5.41) is 6.84. The first kappa shape index (κ1) is 38.7. The number of alkyl carbamates (subject to hydrolysis) is 1. The van der Waals surface area contributed by atoms with E-state index in [1.165, 1.54) is 23.3 Å². The Hall–Kier alpha value is -4.20. The quantitative estimate of drug-likeness (QED) is 0.337. The molecule has 1 spiro atoms. The molecule has 0 bridgehead atoms. The molecule has 4 fully saturated rings. The summed E-state index contributed by atoms with van der Waals surface area (Å²) >= 11 is 0. The summed E-state index contributed by atoms with van der Waals surface area (Å²) in [4.78, 5) is 63.0. The average Bonchev–Trinajstić information content (AvgIpc) is 4.05. The Morgan fingerprint density at radius 1 is 1.05 bits per heavy atom.